The van der Waals surface area contributed by atoms with Crippen LogP contribution in [0.3, 0.4) is 0 Å². The second-order valence-electron chi connectivity index (χ2n) is 9.13. The molecule has 0 saturated carbocycles. The molecule has 1 amide bonds. The minimum Gasteiger partial charge on any atom is -0.494 e. The number of likely N-dealkylation sites (tertiary alicyclic amines) is 1. The number of ether oxygens (including phenoxy) is 1. The predicted molar refractivity (Wildman–Crippen MR) is 151 cm³/mol. The van der Waals surface area contributed by atoms with Crippen LogP contribution >= 0.6 is 22.9 Å². The largest absolute Gasteiger partial charge is 0.494 e. The molecule has 0 radical (unpaired) electrons. The van der Waals surface area contributed by atoms with Crippen LogP contribution in [0.25, 0.3) is 20.5 Å². The van der Waals surface area contributed by atoms with Crippen molar-refractivity contribution in [1.29, 1.82) is 0 Å². The monoisotopic (exact) mass is 572 g/mol. The second-order valence-corrected chi connectivity index (χ2v) is 12.3. The van der Waals surface area contributed by atoms with Gasteiger partial charge in [-0.3, -0.25) is 9.52 Å². The van der Waals surface area contributed by atoms with Gasteiger partial charge in [0.2, 0.25) is 0 Å². The van der Waals surface area contributed by atoms with Gasteiger partial charge < -0.3 is 9.64 Å². The van der Waals surface area contributed by atoms with E-state index in [2.05, 4.69) is 4.72 Å². The minimum atomic E-state index is -4.28. The number of amides is 1. The van der Waals surface area contributed by atoms with E-state index in [9.17, 15) is 13.2 Å². The predicted octanol–water partition coefficient (Wildman–Crippen LogP) is 6.97. The summed E-state index contributed by atoms with van der Waals surface area (Å²) in [6.45, 7) is 3.16. The smallest absolute Gasteiger partial charge is 0.265 e. The maximum absolute atomic E-state index is 15.3. The number of halogens is 2. The topological polar surface area (TPSA) is 75.7 Å². The Morgan fingerprint density at radius 1 is 1.16 bits per heavy atom. The Bertz CT molecular complexity index is 1620. The van der Waals surface area contributed by atoms with Crippen molar-refractivity contribution in [3.05, 3.63) is 76.6 Å². The van der Waals surface area contributed by atoms with Crippen molar-refractivity contribution in [3.63, 3.8) is 0 Å². The molecule has 198 valence electrons. The van der Waals surface area contributed by atoms with Crippen molar-refractivity contribution < 1.29 is 22.3 Å². The van der Waals surface area contributed by atoms with Gasteiger partial charge in [0.15, 0.2) is 5.75 Å². The number of sulfonamides is 1. The van der Waals surface area contributed by atoms with Gasteiger partial charge in [-0.05, 0) is 60.2 Å². The number of carbonyl (C=O) groups is 1. The van der Waals surface area contributed by atoms with E-state index in [-0.39, 0.29) is 32.8 Å². The normalized spacial score (nSPS) is 13.4. The fraction of sp³-hybridized carbons (Fsp3) is 0.250. The zero-order valence-corrected chi connectivity index (χ0v) is 23.3. The molecule has 1 saturated heterocycles. The molecule has 4 aromatic rings. The molecule has 38 heavy (non-hydrogen) atoms. The van der Waals surface area contributed by atoms with Crippen molar-refractivity contribution in [2.75, 3.05) is 24.9 Å². The van der Waals surface area contributed by atoms with Gasteiger partial charge in [0.25, 0.3) is 15.9 Å². The fourth-order valence-corrected chi connectivity index (χ4v) is 7.22. The molecule has 0 aliphatic carbocycles. The van der Waals surface area contributed by atoms with Crippen LogP contribution in [-0.2, 0) is 16.4 Å². The molecule has 1 aliphatic heterocycles. The third kappa shape index (κ3) is 4.98. The standard InChI is InChI=1S/C28H26ClFN2O4S2/c1-3-7-17-13-22(30)20(25-14-18-8-4-5-9-24(18)37-25)16-23(17)31-38(34,35)26-15-19(12-21(29)27(26)36-2)28(33)32-10-6-11-32/h4-5,8-9,12-16,31H,3,6-7,10-11H2,1-2H3. The molecule has 3 aromatic carbocycles. The van der Waals surface area contributed by atoms with Crippen LogP contribution in [0.2, 0.25) is 5.02 Å². The van der Waals surface area contributed by atoms with Crippen LogP contribution in [0.1, 0.15) is 35.7 Å². The highest BCUT2D eigenvalue weighted by atomic mass is 35.5. The first kappa shape index (κ1) is 26.5. The van der Waals surface area contributed by atoms with Gasteiger partial charge in [-0.2, -0.15) is 0 Å². The van der Waals surface area contributed by atoms with Crippen LogP contribution in [0.5, 0.6) is 5.75 Å². The van der Waals surface area contributed by atoms with Gasteiger partial charge in [-0.15, -0.1) is 11.3 Å². The molecule has 0 spiro atoms. The Hall–Kier alpha value is -3.14. The maximum Gasteiger partial charge on any atom is 0.265 e. The van der Waals surface area contributed by atoms with Crippen LogP contribution < -0.4 is 9.46 Å². The van der Waals surface area contributed by atoms with E-state index in [1.165, 1.54) is 42.7 Å². The van der Waals surface area contributed by atoms with Crippen LogP contribution in [0.15, 0.2) is 59.5 Å². The highest BCUT2D eigenvalue weighted by Gasteiger charge is 2.29. The van der Waals surface area contributed by atoms with Crippen molar-refractivity contribution in [2.45, 2.75) is 31.1 Å². The SMILES string of the molecule is CCCc1cc(F)c(-c2cc3ccccc3s2)cc1NS(=O)(=O)c1cc(C(=O)N2CCC2)cc(Cl)c1OC. The molecule has 1 aliphatic rings. The fourth-order valence-electron chi connectivity index (χ4n) is 4.48. The zero-order valence-electron chi connectivity index (χ0n) is 20.9. The molecule has 1 fully saturated rings. The summed E-state index contributed by atoms with van der Waals surface area (Å²) in [6.07, 6.45) is 2.05. The number of anilines is 1. The van der Waals surface area contributed by atoms with E-state index in [0.29, 0.717) is 41.9 Å². The molecule has 6 nitrogen and oxygen atoms in total. The molecule has 0 bridgehead atoms. The van der Waals surface area contributed by atoms with E-state index in [0.717, 1.165) is 16.5 Å². The summed E-state index contributed by atoms with van der Waals surface area (Å²) in [4.78, 5) is 14.9. The molecule has 0 atom stereocenters. The molecule has 10 heteroatoms. The Morgan fingerprint density at radius 2 is 1.92 bits per heavy atom. The summed E-state index contributed by atoms with van der Waals surface area (Å²) in [5.41, 5.74) is 1.25. The number of fused-ring (bicyclic) bond motifs is 1. The number of rotatable bonds is 8. The quantitative estimate of drug-likeness (QED) is 0.247. The van der Waals surface area contributed by atoms with E-state index >= 15 is 4.39 Å². The van der Waals surface area contributed by atoms with E-state index in [4.69, 9.17) is 16.3 Å². The number of thiophene rings is 1. The minimum absolute atomic E-state index is 0.0121. The van der Waals surface area contributed by atoms with E-state index in [1.807, 2.05) is 37.3 Å². The van der Waals surface area contributed by atoms with Crippen LogP contribution in [-0.4, -0.2) is 39.4 Å². The van der Waals surface area contributed by atoms with Gasteiger partial charge in [-0.1, -0.05) is 43.1 Å². The Balaban J connectivity index is 1.59. The Morgan fingerprint density at radius 3 is 2.58 bits per heavy atom. The number of nitrogens with one attached hydrogen (secondary N) is 1. The first-order valence-corrected chi connectivity index (χ1v) is 14.9. The number of aryl methyl sites for hydroxylation is 1. The number of nitrogens with zero attached hydrogens (tertiary/aromatic N) is 1. The number of hydrogen-bond acceptors (Lipinski definition) is 5. The van der Waals surface area contributed by atoms with E-state index < -0.39 is 15.8 Å². The molecule has 2 heterocycles. The van der Waals surface area contributed by atoms with Gasteiger partial charge in [-0.25, -0.2) is 12.8 Å². The van der Waals surface area contributed by atoms with Crippen molar-refractivity contribution in [1.82, 2.24) is 4.90 Å². The highest BCUT2D eigenvalue weighted by molar-refractivity contribution is 7.92. The lowest BCUT2D eigenvalue weighted by atomic mass is 10.0. The van der Waals surface area contributed by atoms with Crippen molar-refractivity contribution >= 4 is 54.6 Å². The summed E-state index contributed by atoms with van der Waals surface area (Å²) >= 11 is 7.80. The maximum atomic E-state index is 15.3. The number of carbonyl (C=O) groups excluding carboxylic acids is 1. The lowest BCUT2D eigenvalue weighted by molar-refractivity contribution is 0.0651. The first-order valence-electron chi connectivity index (χ1n) is 12.2. The Labute approximate surface area is 230 Å². The number of methoxy groups -OCH3 is 1. The summed E-state index contributed by atoms with van der Waals surface area (Å²) in [7, 11) is -2.96. The molecule has 1 aromatic heterocycles. The van der Waals surface area contributed by atoms with Crippen molar-refractivity contribution in [2.24, 2.45) is 0 Å². The molecule has 5 rings (SSSR count). The third-order valence-corrected chi connectivity index (χ3v) is 9.34. The average molecular weight is 573 g/mol. The van der Waals surface area contributed by atoms with Crippen molar-refractivity contribution in [3.8, 4) is 16.2 Å². The molecular weight excluding hydrogens is 547 g/mol. The first-order chi connectivity index (χ1) is 18.2. The lowest BCUT2D eigenvalue weighted by Gasteiger charge is -2.31. The van der Waals surface area contributed by atoms with Crippen LogP contribution in [0.4, 0.5) is 10.1 Å². The van der Waals surface area contributed by atoms with E-state index in [1.54, 1.807) is 4.90 Å². The lowest BCUT2D eigenvalue weighted by Crippen LogP contribution is -2.42. The summed E-state index contributed by atoms with van der Waals surface area (Å²) in [5.74, 6) is -0.785. The second kappa shape index (κ2) is 10.6. The zero-order chi connectivity index (χ0) is 27.0. The number of hydrogen-bond donors (Lipinski definition) is 1. The third-order valence-electron chi connectivity index (χ3n) is 6.54. The number of benzene rings is 3. The summed E-state index contributed by atoms with van der Waals surface area (Å²) in [6, 6.07) is 15.3. The summed E-state index contributed by atoms with van der Waals surface area (Å²) < 4.78 is 51.7. The van der Waals surface area contributed by atoms with Gasteiger partial charge >= 0.3 is 0 Å². The summed E-state index contributed by atoms with van der Waals surface area (Å²) in [5, 5.41) is 0.993. The van der Waals surface area contributed by atoms with Gasteiger partial charge in [0.05, 0.1) is 17.8 Å². The molecule has 1 N–H and O–H groups in total. The molecule has 0 unspecified atom stereocenters. The molecular formula is C28H26ClFN2O4S2. The van der Waals surface area contributed by atoms with Gasteiger partial charge in [0.1, 0.15) is 10.7 Å². The highest BCUT2D eigenvalue weighted by Crippen LogP contribution is 2.39. The Kier molecular flexibility index (Phi) is 7.35. The average Bonchev–Trinajstić information content (AvgIpc) is 3.28. The van der Waals surface area contributed by atoms with Gasteiger partial charge in [0, 0.05) is 33.8 Å². The van der Waals surface area contributed by atoms with Crippen LogP contribution in [0, 0.1) is 5.82 Å².